The van der Waals surface area contributed by atoms with Gasteiger partial charge in [-0.1, -0.05) is 12.8 Å². The van der Waals surface area contributed by atoms with Crippen molar-refractivity contribution in [3.63, 3.8) is 0 Å². The number of nitrogens with one attached hydrogen (secondary N) is 3. The summed E-state index contributed by atoms with van der Waals surface area (Å²) in [6, 6.07) is 6.30. The molecule has 4 aliphatic rings. The minimum atomic E-state index is -0.250. The molecule has 3 amide bonds. The molecule has 0 radical (unpaired) electrons. The maximum atomic E-state index is 13.3. The number of piperidine rings is 2. The largest absolute Gasteiger partial charge is 0.483 e. The van der Waals surface area contributed by atoms with E-state index in [-0.39, 0.29) is 30.5 Å². The Morgan fingerprint density at radius 2 is 1.88 bits per heavy atom. The molecule has 3 saturated heterocycles. The van der Waals surface area contributed by atoms with E-state index >= 15 is 0 Å². The number of likely N-dealkylation sites (N-methyl/N-ethyl adjacent to an activating group) is 1. The van der Waals surface area contributed by atoms with Crippen LogP contribution in [-0.2, 0) is 4.79 Å². The van der Waals surface area contributed by atoms with Gasteiger partial charge in [0.05, 0.1) is 5.52 Å². The number of hydrogen-bond donors (Lipinski definition) is 4. The molecule has 1 aromatic carbocycles. The number of carbonyl (C=O) groups is 3. The predicted molar refractivity (Wildman–Crippen MR) is 120 cm³/mol. The highest BCUT2D eigenvalue weighted by Crippen LogP contribution is 2.30. The fourth-order valence-electron chi connectivity index (χ4n) is 5.10. The number of carbonyl (C=O) groups excluding carboxylic acids is 2. The summed E-state index contributed by atoms with van der Waals surface area (Å²) in [6.07, 6.45) is 6.63. The van der Waals surface area contributed by atoms with E-state index < -0.39 is 0 Å². The highest BCUT2D eigenvalue weighted by molar-refractivity contribution is 6.06. The molecule has 32 heavy (non-hydrogen) atoms. The first-order valence-electron chi connectivity index (χ1n) is 11.1. The van der Waals surface area contributed by atoms with Crippen molar-refractivity contribution in [1.82, 2.24) is 25.3 Å². The normalized spacial score (nSPS) is 23.0. The van der Waals surface area contributed by atoms with Gasteiger partial charge >= 0.3 is 6.03 Å². The van der Waals surface area contributed by atoms with Crippen molar-refractivity contribution >= 4 is 35.0 Å². The Balaban J connectivity index is 0.000000775. The van der Waals surface area contributed by atoms with Gasteiger partial charge in [-0.25, -0.2) is 4.79 Å². The van der Waals surface area contributed by atoms with Crippen LogP contribution in [0.1, 0.15) is 49.0 Å². The number of aromatic nitrogens is 2. The Morgan fingerprint density at radius 1 is 1.16 bits per heavy atom. The van der Waals surface area contributed by atoms with Gasteiger partial charge in [-0.15, -0.1) is 0 Å². The molecule has 2 atom stereocenters. The first kappa shape index (κ1) is 22.1. The first-order valence-corrected chi connectivity index (χ1v) is 11.1. The minimum absolute atomic E-state index is 0.0217. The average molecular weight is 443 g/mol. The molecule has 2 unspecified atom stereocenters. The Morgan fingerprint density at radius 3 is 2.53 bits per heavy atom. The number of fused-ring (bicyclic) bond motifs is 4. The third-order valence-electron chi connectivity index (χ3n) is 6.78. The van der Waals surface area contributed by atoms with Gasteiger partial charge in [0.15, 0.2) is 5.69 Å². The van der Waals surface area contributed by atoms with Gasteiger partial charge in [0.25, 0.3) is 12.4 Å². The number of urea groups is 1. The number of benzene rings is 1. The van der Waals surface area contributed by atoms with Gasteiger partial charge in [-0.2, -0.15) is 5.10 Å². The Bertz CT molecular complexity index is 986. The van der Waals surface area contributed by atoms with Crippen LogP contribution < -0.4 is 10.6 Å². The van der Waals surface area contributed by atoms with Crippen LogP contribution in [-0.4, -0.2) is 81.8 Å². The number of carboxylic acid groups (broad SMARTS) is 1. The van der Waals surface area contributed by atoms with Crippen LogP contribution in [0.5, 0.6) is 0 Å². The van der Waals surface area contributed by atoms with Crippen LogP contribution in [0.4, 0.5) is 10.5 Å². The van der Waals surface area contributed by atoms with Crippen molar-refractivity contribution in [1.29, 1.82) is 0 Å². The molecule has 10 nitrogen and oxygen atoms in total. The molecule has 2 bridgehead atoms. The first-order chi connectivity index (χ1) is 15.5. The van der Waals surface area contributed by atoms with Gasteiger partial charge in [-0.3, -0.25) is 19.6 Å². The van der Waals surface area contributed by atoms with E-state index in [2.05, 4.69) is 32.8 Å². The zero-order valence-corrected chi connectivity index (χ0v) is 18.2. The van der Waals surface area contributed by atoms with E-state index in [4.69, 9.17) is 9.90 Å². The Labute approximate surface area is 186 Å². The number of aromatic amines is 1. The molecule has 1 aromatic heterocycles. The molecular formula is C22H30N6O4. The number of H-pyrrole nitrogens is 1. The second kappa shape index (κ2) is 9.56. The number of amides is 3. The van der Waals surface area contributed by atoms with E-state index in [9.17, 15) is 9.59 Å². The lowest BCUT2D eigenvalue weighted by Gasteiger charge is -2.50. The molecule has 1 aliphatic carbocycles. The topological polar surface area (TPSA) is 131 Å². The SMILES string of the molecule is CN1CC2CCC1CN2C(=O)c1n[nH]c2ccc(NC(=O)NC3CCCC3)cc12.O=CO. The third-order valence-corrected chi connectivity index (χ3v) is 6.78. The summed E-state index contributed by atoms with van der Waals surface area (Å²) in [5.74, 6) is -0.0217. The van der Waals surface area contributed by atoms with E-state index in [1.807, 2.05) is 23.1 Å². The molecule has 3 aliphatic heterocycles. The van der Waals surface area contributed by atoms with Crippen molar-refractivity contribution < 1.29 is 19.5 Å². The van der Waals surface area contributed by atoms with Gasteiger partial charge in [0.2, 0.25) is 0 Å². The van der Waals surface area contributed by atoms with Gasteiger partial charge < -0.3 is 20.6 Å². The molecule has 4 fully saturated rings. The molecule has 0 spiro atoms. The van der Waals surface area contributed by atoms with Crippen molar-refractivity contribution in [3.8, 4) is 0 Å². The monoisotopic (exact) mass is 442 g/mol. The lowest BCUT2D eigenvalue weighted by atomic mass is 9.91. The van der Waals surface area contributed by atoms with E-state index in [1.54, 1.807) is 0 Å². The summed E-state index contributed by atoms with van der Waals surface area (Å²) in [5, 5.41) is 20.9. The summed E-state index contributed by atoms with van der Waals surface area (Å²) in [7, 11) is 2.14. The van der Waals surface area contributed by atoms with Crippen molar-refractivity contribution in [2.45, 2.75) is 56.7 Å². The maximum Gasteiger partial charge on any atom is 0.319 e. The molecule has 172 valence electrons. The second-order valence-corrected chi connectivity index (χ2v) is 8.80. The van der Waals surface area contributed by atoms with Crippen LogP contribution in [0.25, 0.3) is 10.9 Å². The highest BCUT2D eigenvalue weighted by atomic mass is 16.3. The summed E-state index contributed by atoms with van der Waals surface area (Å²) in [4.78, 5) is 38.3. The van der Waals surface area contributed by atoms with Gasteiger partial charge in [0.1, 0.15) is 0 Å². The summed E-state index contributed by atoms with van der Waals surface area (Å²) >= 11 is 0. The van der Waals surface area contributed by atoms with Crippen LogP contribution >= 0.6 is 0 Å². The molecule has 6 rings (SSSR count). The zero-order chi connectivity index (χ0) is 22.7. The standard InChI is InChI=1S/C21H28N6O2.CH2O2/c1-26-11-16-8-7-15(26)12-27(16)20(28)19-17-10-14(6-9-18(17)24-25-19)23-21(29)22-13-4-2-3-5-13;2-1-3/h6,9-10,13,15-16H,2-5,7-8,11-12H2,1H3,(H,24,25)(H2,22,23,29);1H,(H,2,3). The van der Waals surface area contributed by atoms with Crippen molar-refractivity contribution in [2.75, 3.05) is 25.5 Å². The third kappa shape index (κ3) is 4.55. The molecule has 4 heterocycles. The molecular weight excluding hydrogens is 412 g/mol. The van der Waals surface area contributed by atoms with Crippen molar-refractivity contribution in [2.24, 2.45) is 0 Å². The predicted octanol–water partition coefficient (Wildman–Crippen LogP) is 2.25. The van der Waals surface area contributed by atoms with Crippen molar-refractivity contribution in [3.05, 3.63) is 23.9 Å². The Kier molecular flexibility index (Phi) is 6.59. The fraction of sp³-hybridized carbons (Fsp3) is 0.545. The lowest BCUT2D eigenvalue weighted by Crippen LogP contribution is -2.62. The highest BCUT2D eigenvalue weighted by Gasteiger charge is 2.40. The van der Waals surface area contributed by atoms with Crippen LogP contribution in [0.15, 0.2) is 18.2 Å². The zero-order valence-electron chi connectivity index (χ0n) is 18.2. The number of nitrogens with zero attached hydrogens (tertiary/aromatic N) is 3. The van der Waals surface area contributed by atoms with Crippen LogP contribution in [0.3, 0.4) is 0 Å². The summed E-state index contributed by atoms with van der Waals surface area (Å²) in [6.45, 7) is 1.43. The Hall–Kier alpha value is -3.14. The number of rotatable bonds is 3. The minimum Gasteiger partial charge on any atom is -0.483 e. The van der Waals surface area contributed by atoms with Gasteiger partial charge in [-0.05, 0) is 50.9 Å². The fourth-order valence-corrected chi connectivity index (χ4v) is 5.10. The summed E-state index contributed by atoms with van der Waals surface area (Å²) in [5.41, 5.74) is 1.91. The molecule has 4 N–H and O–H groups in total. The van der Waals surface area contributed by atoms with E-state index in [1.165, 1.54) is 12.8 Å². The van der Waals surface area contributed by atoms with Gasteiger partial charge in [0, 0.05) is 42.3 Å². The quantitative estimate of drug-likeness (QED) is 0.539. The van der Waals surface area contributed by atoms with E-state index in [0.29, 0.717) is 17.4 Å². The summed E-state index contributed by atoms with van der Waals surface area (Å²) < 4.78 is 0. The lowest BCUT2D eigenvalue weighted by molar-refractivity contribution is -0.122. The van der Waals surface area contributed by atoms with Crippen LogP contribution in [0, 0.1) is 0 Å². The average Bonchev–Trinajstić information content (AvgIpc) is 3.43. The number of piperazine rings is 1. The number of hydrogen-bond acceptors (Lipinski definition) is 5. The molecule has 1 saturated carbocycles. The smallest absolute Gasteiger partial charge is 0.319 e. The second-order valence-electron chi connectivity index (χ2n) is 8.80. The number of anilines is 1. The maximum absolute atomic E-state index is 13.3. The molecule has 2 aromatic rings. The molecule has 10 heteroatoms. The van der Waals surface area contributed by atoms with Crippen LogP contribution in [0.2, 0.25) is 0 Å². The van der Waals surface area contributed by atoms with E-state index in [0.717, 1.165) is 49.7 Å².